The summed E-state index contributed by atoms with van der Waals surface area (Å²) in [6.07, 6.45) is -6.03. The highest BCUT2D eigenvalue weighted by Crippen LogP contribution is 2.22. The zero-order chi connectivity index (χ0) is 14.0. The fourth-order valence-electron chi connectivity index (χ4n) is 1.51. The van der Waals surface area contributed by atoms with Crippen LogP contribution in [-0.2, 0) is 19.6 Å². The third kappa shape index (κ3) is 4.10. The molecule has 1 aliphatic rings. The van der Waals surface area contributed by atoms with Gasteiger partial charge in [-0.3, -0.25) is 4.79 Å². The van der Waals surface area contributed by atoms with Crippen LogP contribution in [-0.4, -0.2) is 56.4 Å². The Morgan fingerprint density at radius 1 is 1.44 bits per heavy atom. The minimum Gasteiger partial charge on any atom is -0.378 e. The molecular formula is C8H13F3N2O4S. The van der Waals surface area contributed by atoms with Crippen molar-refractivity contribution in [3.8, 4) is 0 Å². The van der Waals surface area contributed by atoms with Crippen molar-refractivity contribution in [1.29, 1.82) is 0 Å². The Morgan fingerprint density at radius 2 is 2.06 bits per heavy atom. The van der Waals surface area contributed by atoms with E-state index in [1.165, 1.54) is 0 Å². The fourth-order valence-corrected chi connectivity index (χ4v) is 3.14. The zero-order valence-electron chi connectivity index (χ0n) is 9.31. The number of rotatable bonds is 4. The number of hydrogen-bond donors (Lipinski definition) is 1. The van der Waals surface area contributed by atoms with Gasteiger partial charge in [0.25, 0.3) is 0 Å². The monoisotopic (exact) mass is 290 g/mol. The van der Waals surface area contributed by atoms with Crippen molar-refractivity contribution >= 4 is 15.9 Å². The average molecular weight is 290 g/mol. The van der Waals surface area contributed by atoms with Crippen LogP contribution in [0.4, 0.5) is 13.2 Å². The van der Waals surface area contributed by atoms with Gasteiger partial charge in [-0.2, -0.15) is 17.5 Å². The second kappa shape index (κ2) is 5.41. The normalized spacial score (nSPS) is 22.9. The number of carbonyl (C=O) groups excluding carboxylic acids is 1. The van der Waals surface area contributed by atoms with E-state index in [-0.39, 0.29) is 19.8 Å². The van der Waals surface area contributed by atoms with Crippen LogP contribution in [0.15, 0.2) is 0 Å². The molecule has 0 saturated carbocycles. The molecule has 6 nitrogen and oxygen atoms in total. The highest BCUT2D eigenvalue weighted by Gasteiger charge is 2.38. The number of ether oxygens (including phenoxy) is 1. The molecule has 1 rings (SSSR count). The molecule has 0 aliphatic carbocycles. The number of halogens is 3. The number of nitrogens with zero attached hydrogens (tertiary/aromatic N) is 1. The van der Waals surface area contributed by atoms with E-state index in [9.17, 15) is 26.4 Å². The zero-order valence-corrected chi connectivity index (χ0v) is 10.1. The first-order valence-corrected chi connectivity index (χ1v) is 6.68. The standard InChI is InChI=1S/C8H13F3N2O4S/c9-8(10,11)1-4-18(15,16)13-2-3-17-5-6(13)7(12)14/h6H,1-5H2,(H2,12,14). The van der Waals surface area contributed by atoms with Crippen LogP contribution in [0.2, 0.25) is 0 Å². The van der Waals surface area contributed by atoms with Gasteiger partial charge in [-0.15, -0.1) is 0 Å². The molecule has 10 heteroatoms. The van der Waals surface area contributed by atoms with Crippen LogP contribution in [0.5, 0.6) is 0 Å². The van der Waals surface area contributed by atoms with Crippen molar-refractivity contribution in [3.05, 3.63) is 0 Å². The van der Waals surface area contributed by atoms with E-state index in [4.69, 9.17) is 10.5 Å². The van der Waals surface area contributed by atoms with Gasteiger partial charge in [-0.1, -0.05) is 0 Å². The second-order valence-electron chi connectivity index (χ2n) is 3.78. The minimum absolute atomic E-state index is 0.0228. The highest BCUT2D eigenvalue weighted by molar-refractivity contribution is 7.89. The summed E-state index contributed by atoms with van der Waals surface area (Å²) in [5.41, 5.74) is 4.99. The Labute approximate surface area is 102 Å². The molecule has 18 heavy (non-hydrogen) atoms. The Morgan fingerprint density at radius 3 is 2.56 bits per heavy atom. The van der Waals surface area contributed by atoms with Crippen molar-refractivity contribution in [1.82, 2.24) is 4.31 Å². The summed E-state index contributed by atoms with van der Waals surface area (Å²) in [5.74, 6) is -2.04. The predicted octanol–water partition coefficient (Wildman–Crippen LogP) is -0.545. The van der Waals surface area contributed by atoms with Crippen LogP contribution < -0.4 is 5.73 Å². The van der Waals surface area contributed by atoms with Crippen molar-refractivity contribution < 1.29 is 31.1 Å². The SMILES string of the molecule is NC(=O)C1COCCN1S(=O)(=O)CCC(F)(F)F. The number of hydrogen-bond acceptors (Lipinski definition) is 4. The third-order valence-corrected chi connectivity index (χ3v) is 4.28. The van der Waals surface area contributed by atoms with Gasteiger partial charge >= 0.3 is 6.18 Å². The minimum atomic E-state index is -4.57. The predicted molar refractivity (Wildman–Crippen MR) is 55.0 cm³/mol. The molecule has 0 aromatic heterocycles. The summed E-state index contributed by atoms with van der Waals surface area (Å²) in [6, 6.07) is -1.24. The fraction of sp³-hybridized carbons (Fsp3) is 0.875. The maximum atomic E-state index is 12.0. The topological polar surface area (TPSA) is 89.7 Å². The molecule has 1 fully saturated rings. The van der Waals surface area contributed by atoms with E-state index in [0.29, 0.717) is 4.31 Å². The third-order valence-electron chi connectivity index (χ3n) is 2.41. The number of primary amides is 1. The van der Waals surface area contributed by atoms with Crippen molar-refractivity contribution in [2.45, 2.75) is 18.6 Å². The summed E-state index contributed by atoms with van der Waals surface area (Å²) >= 11 is 0. The van der Waals surface area contributed by atoms with Gasteiger partial charge in [0.05, 0.1) is 25.4 Å². The van der Waals surface area contributed by atoms with Crippen LogP contribution in [0, 0.1) is 0 Å². The van der Waals surface area contributed by atoms with Crippen molar-refractivity contribution in [2.24, 2.45) is 5.73 Å². The Balaban J connectivity index is 2.78. The lowest BCUT2D eigenvalue weighted by Gasteiger charge is -2.32. The van der Waals surface area contributed by atoms with E-state index < -0.39 is 40.3 Å². The van der Waals surface area contributed by atoms with Crippen LogP contribution in [0.1, 0.15) is 6.42 Å². The van der Waals surface area contributed by atoms with Gasteiger partial charge in [0.1, 0.15) is 6.04 Å². The summed E-state index contributed by atoms with van der Waals surface area (Å²) < 4.78 is 65.0. The van der Waals surface area contributed by atoms with E-state index in [0.717, 1.165) is 0 Å². The molecular weight excluding hydrogens is 277 g/mol. The first-order valence-electron chi connectivity index (χ1n) is 5.07. The van der Waals surface area contributed by atoms with E-state index in [2.05, 4.69) is 0 Å². The molecule has 0 spiro atoms. The van der Waals surface area contributed by atoms with E-state index in [1.807, 2.05) is 0 Å². The van der Waals surface area contributed by atoms with Crippen molar-refractivity contribution in [2.75, 3.05) is 25.5 Å². The van der Waals surface area contributed by atoms with Crippen LogP contribution >= 0.6 is 0 Å². The lowest BCUT2D eigenvalue weighted by molar-refractivity contribution is -0.130. The second-order valence-corrected chi connectivity index (χ2v) is 5.83. The molecule has 1 unspecified atom stereocenters. The molecule has 0 bridgehead atoms. The number of morpholine rings is 1. The smallest absolute Gasteiger partial charge is 0.378 e. The molecule has 0 aromatic carbocycles. The van der Waals surface area contributed by atoms with Gasteiger partial charge in [-0.25, -0.2) is 8.42 Å². The van der Waals surface area contributed by atoms with Crippen molar-refractivity contribution in [3.63, 3.8) is 0 Å². The largest absolute Gasteiger partial charge is 0.390 e. The molecule has 106 valence electrons. The van der Waals surface area contributed by atoms with Gasteiger partial charge in [0.2, 0.25) is 15.9 Å². The van der Waals surface area contributed by atoms with Gasteiger partial charge in [0.15, 0.2) is 0 Å². The molecule has 1 saturated heterocycles. The number of carbonyl (C=O) groups is 1. The maximum Gasteiger partial charge on any atom is 0.390 e. The summed E-state index contributed by atoms with van der Waals surface area (Å²) in [4.78, 5) is 11.0. The average Bonchev–Trinajstić information content (AvgIpc) is 2.26. The first-order chi connectivity index (χ1) is 8.13. The number of amides is 1. The lowest BCUT2D eigenvalue weighted by Crippen LogP contribution is -2.55. The summed E-state index contributed by atoms with van der Waals surface area (Å²) in [6.45, 7) is -0.386. The Hall–Kier alpha value is -0.870. The molecule has 1 atom stereocenters. The first kappa shape index (κ1) is 15.2. The van der Waals surface area contributed by atoms with Crippen LogP contribution in [0.3, 0.4) is 0 Å². The highest BCUT2D eigenvalue weighted by atomic mass is 32.2. The van der Waals surface area contributed by atoms with E-state index in [1.54, 1.807) is 0 Å². The number of sulfonamides is 1. The van der Waals surface area contributed by atoms with E-state index >= 15 is 0 Å². The summed E-state index contributed by atoms with van der Waals surface area (Å²) in [5, 5.41) is 0. The molecule has 1 heterocycles. The van der Waals surface area contributed by atoms with Gasteiger partial charge in [-0.05, 0) is 0 Å². The molecule has 1 aliphatic heterocycles. The molecule has 1 amide bonds. The molecule has 2 N–H and O–H groups in total. The van der Waals surface area contributed by atoms with Gasteiger partial charge < -0.3 is 10.5 Å². The van der Waals surface area contributed by atoms with Crippen LogP contribution in [0.25, 0.3) is 0 Å². The summed E-state index contributed by atoms with van der Waals surface area (Å²) in [7, 11) is -4.18. The molecule has 0 radical (unpaired) electrons. The lowest BCUT2D eigenvalue weighted by atomic mass is 10.3. The number of nitrogens with two attached hydrogens (primary N) is 1. The Bertz CT molecular complexity index is 409. The maximum absolute atomic E-state index is 12.0. The number of alkyl halides is 3. The quantitative estimate of drug-likeness (QED) is 0.752. The Kier molecular flexibility index (Phi) is 4.56. The van der Waals surface area contributed by atoms with Gasteiger partial charge in [0, 0.05) is 6.54 Å². The molecule has 0 aromatic rings.